The van der Waals surface area contributed by atoms with E-state index in [2.05, 4.69) is 41.1 Å². The standard InChI is InChI=1S/C22H18BrN7O3/c1-11-3-5-12(6-4-11)10-30-17-18(29(2)22(33)26-20(17)32)25-21(30)28-27-16-14-9-13(23)7-8-15(14)24-19(16)31/h3-9,24,31H,10H2,1-2H3,(H,26,32,33). The minimum absolute atomic E-state index is 0.126. The highest BCUT2D eigenvalue weighted by Crippen LogP contribution is 2.37. The maximum absolute atomic E-state index is 12.7. The molecule has 0 unspecified atom stereocenters. The lowest BCUT2D eigenvalue weighted by Gasteiger charge is -2.06. The molecule has 2 aromatic carbocycles. The van der Waals surface area contributed by atoms with Crippen molar-refractivity contribution in [3.63, 3.8) is 0 Å². The van der Waals surface area contributed by atoms with Gasteiger partial charge in [0, 0.05) is 16.9 Å². The molecule has 5 aromatic rings. The van der Waals surface area contributed by atoms with Crippen LogP contribution in [0.25, 0.3) is 22.1 Å². The van der Waals surface area contributed by atoms with Gasteiger partial charge in [-0.05, 0) is 30.7 Å². The van der Waals surface area contributed by atoms with Gasteiger partial charge in [-0.1, -0.05) is 45.8 Å². The second kappa shape index (κ2) is 7.85. The molecule has 3 heterocycles. The third kappa shape index (κ3) is 3.65. The largest absolute Gasteiger partial charge is 0.493 e. The van der Waals surface area contributed by atoms with Crippen LogP contribution < -0.4 is 11.2 Å². The number of halogens is 1. The quantitative estimate of drug-likeness (QED) is 0.315. The Labute approximate surface area is 194 Å². The number of nitrogens with one attached hydrogen (secondary N) is 2. The van der Waals surface area contributed by atoms with Crippen LogP contribution in [0.1, 0.15) is 11.1 Å². The van der Waals surface area contributed by atoms with Gasteiger partial charge in [-0.25, -0.2) is 4.79 Å². The van der Waals surface area contributed by atoms with E-state index in [1.807, 2.05) is 43.3 Å². The van der Waals surface area contributed by atoms with Crippen LogP contribution in [0.5, 0.6) is 5.88 Å². The fourth-order valence-corrected chi connectivity index (χ4v) is 4.02. The highest BCUT2D eigenvalue weighted by atomic mass is 79.9. The van der Waals surface area contributed by atoms with E-state index in [0.29, 0.717) is 10.9 Å². The fourth-order valence-electron chi connectivity index (χ4n) is 3.66. The zero-order valence-corrected chi connectivity index (χ0v) is 19.2. The maximum Gasteiger partial charge on any atom is 0.329 e. The summed E-state index contributed by atoms with van der Waals surface area (Å²) in [6.07, 6.45) is 0. The van der Waals surface area contributed by atoms with Gasteiger partial charge in [0.1, 0.15) is 0 Å². The lowest BCUT2D eigenvalue weighted by atomic mass is 10.1. The lowest BCUT2D eigenvalue weighted by molar-refractivity contribution is 0.459. The van der Waals surface area contributed by atoms with E-state index in [0.717, 1.165) is 15.6 Å². The van der Waals surface area contributed by atoms with Crippen LogP contribution in [-0.4, -0.2) is 29.2 Å². The Hall–Kier alpha value is -3.99. The Morgan fingerprint density at radius 1 is 1.09 bits per heavy atom. The molecule has 0 aliphatic heterocycles. The third-order valence-corrected chi connectivity index (χ3v) is 5.90. The first-order chi connectivity index (χ1) is 15.8. The smallest absolute Gasteiger partial charge is 0.329 e. The van der Waals surface area contributed by atoms with Crippen molar-refractivity contribution in [3.05, 3.63) is 78.9 Å². The van der Waals surface area contributed by atoms with E-state index >= 15 is 0 Å². The predicted octanol–water partition coefficient (Wildman–Crippen LogP) is 4.14. The van der Waals surface area contributed by atoms with Gasteiger partial charge in [0.2, 0.25) is 5.88 Å². The van der Waals surface area contributed by atoms with Crippen molar-refractivity contribution in [2.45, 2.75) is 13.5 Å². The van der Waals surface area contributed by atoms with E-state index < -0.39 is 11.2 Å². The summed E-state index contributed by atoms with van der Waals surface area (Å²) in [5, 5.41) is 19.5. The monoisotopic (exact) mass is 507 g/mol. The Bertz CT molecular complexity index is 1670. The van der Waals surface area contributed by atoms with E-state index in [4.69, 9.17) is 0 Å². The fraction of sp³-hybridized carbons (Fsp3) is 0.136. The molecule has 33 heavy (non-hydrogen) atoms. The van der Waals surface area contributed by atoms with Crippen molar-refractivity contribution in [1.29, 1.82) is 0 Å². The van der Waals surface area contributed by atoms with Crippen molar-refractivity contribution in [1.82, 2.24) is 24.1 Å². The predicted molar refractivity (Wildman–Crippen MR) is 128 cm³/mol. The molecule has 3 aromatic heterocycles. The molecule has 166 valence electrons. The molecule has 0 spiro atoms. The second-order valence-corrected chi connectivity index (χ2v) is 8.60. The average Bonchev–Trinajstić information content (AvgIpc) is 3.29. The summed E-state index contributed by atoms with van der Waals surface area (Å²) in [7, 11) is 1.52. The van der Waals surface area contributed by atoms with Crippen LogP contribution in [-0.2, 0) is 13.6 Å². The van der Waals surface area contributed by atoms with E-state index in [-0.39, 0.29) is 35.2 Å². The molecule has 0 fully saturated rings. The number of aryl methyl sites for hydroxylation is 2. The first-order valence-electron chi connectivity index (χ1n) is 9.99. The molecular formula is C22H18BrN7O3. The Morgan fingerprint density at radius 2 is 1.85 bits per heavy atom. The summed E-state index contributed by atoms with van der Waals surface area (Å²) >= 11 is 3.42. The molecule has 3 N–H and O–H groups in total. The molecule has 0 aliphatic carbocycles. The summed E-state index contributed by atoms with van der Waals surface area (Å²) in [4.78, 5) is 34.4. The van der Waals surface area contributed by atoms with Crippen LogP contribution >= 0.6 is 15.9 Å². The second-order valence-electron chi connectivity index (χ2n) is 7.69. The van der Waals surface area contributed by atoms with Gasteiger partial charge in [0.05, 0.1) is 12.1 Å². The van der Waals surface area contributed by atoms with Crippen LogP contribution in [0.3, 0.4) is 0 Å². The van der Waals surface area contributed by atoms with Gasteiger partial charge < -0.3 is 10.1 Å². The number of H-pyrrole nitrogens is 2. The number of rotatable bonds is 4. The molecule has 0 aliphatic rings. The molecule has 0 atom stereocenters. The minimum Gasteiger partial charge on any atom is -0.493 e. The van der Waals surface area contributed by atoms with Crippen molar-refractivity contribution >= 4 is 49.6 Å². The number of fused-ring (bicyclic) bond motifs is 2. The van der Waals surface area contributed by atoms with Crippen LogP contribution in [0.2, 0.25) is 0 Å². The third-order valence-electron chi connectivity index (χ3n) is 5.40. The van der Waals surface area contributed by atoms with Gasteiger partial charge in [0.15, 0.2) is 16.9 Å². The number of imidazole rings is 1. The highest BCUT2D eigenvalue weighted by Gasteiger charge is 2.18. The summed E-state index contributed by atoms with van der Waals surface area (Å²) in [6, 6.07) is 13.3. The average molecular weight is 508 g/mol. The zero-order chi connectivity index (χ0) is 23.3. The summed E-state index contributed by atoms with van der Waals surface area (Å²) in [5.41, 5.74) is 2.22. The number of aromatic amines is 2. The summed E-state index contributed by atoms with van der Waals surface area (Å²) < 4.78 is 3.67. The molecule has 0 saturated heterocycles. The van der Waals surface area contributed by atoms with Gasteiger partial charge in [-0.2, -0.15) is 4.98 Å². The number of benzene rings is 2. The Morgan fingerprint density at radius 3 is 2.61 bits per heavy atom. The van der Waals surface area contributed by atoms with E-state index in [1.54, 1.807) is 10.6 Å². The number of azo groups is 1. The molecule has 0 radical (unpaired) electrons. The lowest BCUT2D eigenvalue weighted by Crippen LogP contribution is -2.29. The molecule has 10 nitrogen and oxygen atoms in total. The van der Waals surface area contributed by atoms with Crippen molar-refractivity contribution in [3.8, 4) is 5.88 Å². The first kappa shape index (κ1) is 20.9. The number of hydrogen-bond acceptors (Lipinski definition) is 6. The minimum atomic E-state index is -0.574. The topological polar surface area (TPSA) is 133 Å². The van der Waals surface area contributed by atoms with Crippen LogP contribution in [0, 0.1) is 6.92 Å². The van der Waals surface area contributed by atoms with Crippen LogP contribution in [0.15, 0.2) is 66.8 Å². The molecule has 0 bridgehead atoms. The molecule has 0 saturated carbocycles. The molecule has 0 amide bonds. The van der Waals surface area contributed by atoms with E-state index in [1.165, 1.54) is 11.6 Å². The number of hydrogen-bond donors (Lipinski definition) is 3. The number of aromatic nitrogens is 5. The number of aromatic hydroxyl groups is 1. The number of nitrogens with zero attached hydrogens (tertiary/aromatic N) is 5. The van der Waals surface area contributed by atoms with Crippen LogP contribution in [0.4, 0.5) is 11.6 Å². The molecule has 5 rings (SSSR count). The van der Waals surface area contributed by atoms with Gasteiger partial charge in [-0.3, -0.25) is 18.9 Å². The molecule has 11 heteroatoms. The molecular weight excluding hydrogens is 490 g/mol. The zero-order valence-electron chi connectivity index (χ0n) is 17.6. The maximum atomic E-state index is 12.7. The summed E-state index contributed by atoms with van der Waals surface area (Å²) in [6.45, 7) is 2.28. The highest BCUT2D eigenvalue weighted by molar-refractivity contribution is 9.10. The van der Waals surface area contributed by atoms with E-state index in [9.17, 15) is 14.7 Å². The van der Waals surface area contributed by atoms with Crippen molar-refractivity contribution < 1.29 is 5.11 Å². The van der Waals surface area contributed by atoms with Gasteiger partial charge >= 0.3 is 5.69 Å². The van der Waals surface area contributed by atoms with Gasteiger partial charge in [-0.15, -0.1) is 10.2 Å². The Kier molecular flexibility index (Phi) is 4.97. The summed E-state index contributed by atoms with van der Waals surface area (Å²) in [5.74, 6) is -0.0145. The van der Waals surface area contributed by atoms with Gasteiger partial charge in [0.25, 0.3) is 11.5 Å². The SMILES string of the molecule is Cc1ccc(Cn2c(N=Nc3c(O)[nH]c4ccc(Br)cc34)nc3c2c(=O)[nH]c(=O)n3C)cc1. The van der Waals surface area contributed by atoms with Crippen molar-refractivity contribution in [2.24, 2.45) is 17.3 Å². The Balaban J connectivity index is 1.70. The van der Waals surface area contributed by atoms with Crippen molar-refractivity contribution in [2.75, 3.05) is 0 Å². The first-order valence-corrected chi connectivity index (χ1v) is 10.8. The normalized spacial score (nSPS) is 11.8.